The number of ether oxygens (including phenoxy) is 1. The first-order valence-electron chi connectivity index (χ1n) is 6.68. The van der Waals surface area contributed by atoms with E-state index in [1.54, 1.807) is 6.07 Å². The van der Waals surface area contributed by atoms with Crippen LogP contribution in [0.3, 0.4) is 0 Å². The van der Waals surface area contributed by atoms with Gasteiger partial charge in [-0.3, -0.25) is 0 Å². The maximum absolute atomic E-state index is 13.3. The lowest BCUT2D eigenvalue weighted by atomic mass is 10.1. The first-order valence-corrected chi connectivity index (χ1v) is 6.68. The third-order valence-corrected chi connectivity index (χ3v) is 3.38. The number of likely N-dealkylation sites (N-methyl/N-ethyl adjacent to an activating group) is 1. The van der Waals surface area contributed by atoms with Gasteiger partial charge in [0, 0.05) is 31.5 Å². The number of halogens is 1. The fraction of sp³-hybridized carbons (Fsp3) is 0.500. The fourth-order valence-electron chi connectivity index (χ4n) is 1.96. The molecule has 1 saturated carbocycles. The molecule has 5 nitrogen and oxygen atoms in total. The summed E-state index contributed by atoms with van der Waals surface area (Å²) in [5.41, 5.74) is 6.66. The van der Waals surface area contributed by atoms with Crippen molar-refractivity contribution in [3.8, 4) is 0 Å². The number of rotatable bonds is 7. The summed E-state index contributed by atoms with van der Waals surface area (Å²) in [5, 5.41) is 11.7. The van der Waals surface area contributed by atoms with Crippen molar-refractivity contribution in [3.63, 3.8) is 0 Å². The topological polar surface area (TPSA) is 71.1 Å². The minimum absolute atomic E-state index is 0.106. The Bertz CT molecular complexity index is 489. The minimum atomic E-state index is -0.422. The normalized spacial score (nSPS) is 15.4. The Kier molecular flexibility index (Phi) is 4.79. The Labute approximate surface area is 117 Å². The van der Waals surface area contributed by atoms with Crippen LogP contribution < -0.4 is 10.6 Å². The molecule has 110 valence electrons. The Morgan fingerprint density at radius 3 is 2.95 bits per heavy atom. The van der Waals surface area contributed by atoms with E-state index in [2.05, 4.69) is 5.16 Å². The second kappa shape index (κ2) is 6.56. The van der Waals surface area contributed by atoms with E-state index >= 15 is 0 Å². The standard InChI is InChI=1S/C14H20FN3O2/c1-18(6-7-20-9-10-2-3-10)13-5-4-11(15)8-12(13)14(16)17-19/h4-5,8,10,19H,2-3,6-7,9H2,1H3,(H2,16,17). The van der Waals surface area contributed by atoms with Gasteiger partial charge in [0.25, 0.3) is 0 Å². The molecule has 0 amide bonds. The number of nitrogens with zero attached hydrogens (tertiary/aromatic N) is 2. The van der Waals surface area contributed by atoms with Crippen molar-refractivity contribution < 1.29 is 14.3 Å². The molecule has 1 aromatic carbocycles. The van der Waals surface area contributed by atoms with Gasteiger partial charge in [0.2, 0.25) is 0 Å². The third-order valence-electron chi connectivity index (χ3n) is 3.38. The van der Waals surface area contributed by atoms with Crippen LogP contribution in [0, 0.1) is 11.7 Å². The van der Waals surface area contributed by atoms with Gasteiger partial charge in [-0.15, -0.1) is 0 Å². The zero-order valence-electron chi connectivity index (χ0n) is 11.6. The number of hydrogen-bond donors (Lipinski definition) is 2. The van der Waals surface area contributed by atoms with Crippen LogP contribution in [0.4, 0.5) is 10.1 Å². The molecule has 1 fully saturated rings. The average Bonchev–Trinajstić information content (AvgIpc) is 3.26. The molecule has 6 heteroatoms. The van der Waals surface area contributed by atoms with E-state index in [0.717, 1.165) is 12.5 Å². The van der Waals surface area contributed by atoms with Crippen molar-refractivity contribution in [1.82, 2.24) is 0 Å². The molecular weight excluding hydrogens is 261 g/mol. The quantitative estimate of drug-likeness (QED) is 0.263. The van der Waals surface area contributed by atoms with E-state index in [1.807, 2.05) is 11.9 Å². The molecule has 0 spiro atoms. The molecule has 2 rings (SSSR count). The van der Waals surface area contributed by atoms with Crippen molar-refractivity contribution in [2.45, 2.75) is 12.8 Å². The SMILES string of the molecule is CN(CCOCC1CC1)c1ccc(F)cc1/C(N)=N/O. The zero-order chi connectivity index (χ0) is 14.5. The van der Waals surface area contributed by atoms with Gasteiger partial charge >= 0.3 is 0 Å². The van der Waals surface area contributed by atoms with Gasteiger partial charge in [0.05, 0.1) is 6.61 Å². The van der Waals surface area contributed by atoms with Crippen molar-refractivity contribution in [2.75, 3.05) is 31.7 Å². The van der Waals surface area contributed by atoms with Gasteiger partial charge in [0.15, 0.2) is 5.84 Å². The van der Waals surface area contributed by atoms with Crippen LogP contribution in [0.25, 0.3) is 0 Å². The van der Waals surface area contributed by atoms with E-state index < -0.39 is 5.82 Å². The molecule has 0 bridgehead atoms. The molecule has 0 atom stereocenters. The molecule has 3 N–H and O–H groups in total. The van der Waals surface area contributed by atoms with E-state index in [9.17, 15) is 4.39 Å². The van der Waals surface area contributed by atoms with Gasteiger partial charge < -0.3 is 20.6 Å². The Morgan fingerprint density at radius 2 is 2.30 bits per heavy atom. The van der Waals surface area contributed by atoms with Gasteiger partial charge in [-0.2, -0.15) is 0 Å². The lowest BCUT2D eigenvalue weighted by Gasteiger charge is -2.22. The van der Waals surface area contributed by atoms with Gasteiger partial charge in [0.1, 0.15) is 5.82 Å². The van der Waals surface area contributed by atoms with Gasteiger partial charge in [-0.1, -0.05) is 5.16 Å². The van der Waals surface area contributed by atoms with E-state index in [-0.39, 0.29) is 5.84 Å². The monoisotopic (exact) mass is 281 g/mol. The molecular formula is C14H20FN3O2. The second-order valence-corrected chi connectivity index (χ2v) is 5.09. The molecule has 0 aromatic heterocycles. The minimum Gasteiger partial charge on any atom is -0.409 e. The maximum Gasteiger partial charge on any atom is 0.172 e. The first kappa shape index (κ1) is 14.6. The number of nitrogens with two attached hydrogens (primary N) is 1. The van der Waals surface area contributed by atoms with Crippen LogP contribution in [0.1, 0.15) is 18.4 Å². The van der Waals surface area contributed by atoms with E-state index in [4.69, 9.17) is 15.7 Å². The van der Waals surface area contributed by atoms with E-state index in [0.29, 0.717) is 24.4 Å². The summed E-state index contributed by atoms with van der Waals surface area (Å²) < 4.78 is 18.8. The molecule has 0 radical (unpaired) electrons. The maximum atomic E-state index is 13.3. The molecule has 20 heavy (non-hydrogen) atoms. The highest BCUT2D eigenvalue weighted by Gasteiger charge is 2.21. The Hall–Kier alpha value is -1.82. The summed E-state index contributed by atoms with van der Waals surface area (Å²) >= 11 is 0. The van der Waals surface area contributed by atoms with E-state index in [1.165, 1.54) is 25.0 Å². The molecule has 0 aliphatic heterocycles. The largest absolute Gasteiger partial charge is 0.409 e. The lowest BCUT2D eigenvalue weighted by molar-refractivity contribution is 0.131. The molecule has 0 heterocycles. The molecule has 0 saturated heterocycles. The van der Waals surface area contributed by atoms with Crippen molar-refractivity contribution >= 4 is 11.5 Å². The number of anilines is 1. The fourth-order valence-corrected chi connectivity index (χ4v) is 1.96. The van der Waals surface area contributed by atoms with Crippen LogP contribution in [-0.4, -0.2) is 37.8 Å². The van der Waals surface area contributed by atoms with Crippen molar-refractivity contribution in [2.24, 2.45) is 16.8 Å². The number of amidine groups is 1. The van der Waals surface area contributed by atoms with Gasteiger partial charge in [-0.25, -0.2) is 4.39 Å². The number of oxime groups is 1. The van der Waals surface area contributed by atoms with Crippen LogP contribution >= 0.6 is 0 Å². The third kappa shape index (κ3) is 3.84. The molecule has 0 unspecified atom stereocenters. The molecule has 1 aromatic rings. The van der Waals surface area contributed by atoms with Crippen molar-refractivity contribution in [3.05, 3.63) is 29.6 Å². The van der Waals surface area contributed by atoms with Crippen LogP contribution in [0.5, 0.6) is 0 Å². The number of hydrogen-bond acceptors (Lipinski definition) is 4. The van der Waals surface area contributed by atoms with Crippen LogP contribution in [0.2, 0.25) is 0 Å². The first-order chi connectivity index (χ1) is 9.61. The number of benzene rings is 1. The van der Waals surface area contributed by atoms with Crippen LogP contribution in [0.15, 0.2) is 23.4 Å². The predicted octanol–water partition coefficient (Wildman–Crippen LogP) is 1.78. The van der Waals surface area contributed by atoms with Crippen molar-refractivity contribution in [1.29, 1.82) is 0 Å². The predicted molar refractivity (Wildman–Crippen MR) is 75.7 cm³/mol. The summed E-state index contributed by atoms with van der Waals surface area (Å²) in [7, 11) is 1.86. The average molecular weight is 281 g/mol. The summed E-state index contributed by atoms with van der Waals surface area (Å²) in [5.74, 6) is 0.206. The lowest BCUT2D eigenvalue weighted by Crippen LogP contribution is -2.26. The van der Waals surface area contributed by atoms with Gasteiger partial charge in [-0.05, 0) is 37.0 Å². The zero-order valence-corrected chi connectivity index (χ0v) is 11.6. The Morgan fingerprint density at radius 1 is 1.55 bits per heavy atom. The van der Waals surface area contributed by atoms with Crippen LogP contribution in [-0.2, 0) is 4.74 Å². The second-order valence-electron chi connectivity index (χ2n) is 5.09. The highest BCUT2D eigenvalue weighted by atomic mass is 19.1. The smallest absolute Gasteiger partial charge is 0.172 e. The summed E-state index contributed by atoms with van der Waals surface area (Å²) in [4.78, 5) is 1.90. The Balaban J connectivity index is 1.98. The molecule has 1 aliphatic carbocycles. The highest BCUT2D eigenvalue weighted by molar-refractivity contribution is 6.02. The summed E-state index contributed by atoms with van der Waals surface area (Å²) in [6.45, 7) is 2.06. The summed E-state index contributed by atoms with van der Waals surface area (Å²) in [6.07, 6.45) is 2.53. The summed E-state index contributed by atoms with van der Waals surface area (Å²) in [6, 6.07) is 4.22. The highest BCUT2D eigenvalue weighted by Crippen LogP contribution is 2.28. The molecule has 1 aliphatic rings.